The largest absolute Gasteiger partial charge is 0.399 e. The highest BCUT2D eigenvalue weighted by Gasteiger charge is 2.06. The molecule has 0 fully saturated rings. The first-order valence-electron chi connectivity index (χ1n) is 5.61. The molecule has 0 aromatic heterocycles. The van der Waals surface area contributed by atoms with Crippen LogP contribution in [0.4, 0.5) is 5.69 Å². The Labute approximate surface area is 110 Å². The van der Waals surface area contributed by atoms with E-state index in [1.807, 2.05) is 0 Å². The van der Waals surface area contributed by atoms with Gasteiger partial charge in [0.05, 0.1) is 0 Å². The fourth-order valence-corrected chi connectivity index (χ4v) is 1.72. The number of rotatable bonds is 6. The number of hydrogen-bond acceptors (Lipinski definition) is 3. The van der Waals surface area contributed by atoms with Crippen LogP contribution in [0.25, 0.3) is 0 Å². The van der Waals surface area contributed by atoms with E-state index in [-0.39, 0.29) is 11.8 Å². The maximum atomic E-state index is 11.7. The molecule has 0 heterocycles. The Morgan fingerprint density at radius 1 is 1.22 bits per heavy atom. The van der Waals surface area contributed by atoms with E-state index in [4.69, 9.17) is 23.1 Å². The Morgan fingerprint density at radius 3 is 2.56 bits per heavy atom. The molecule has 0 spiro atoms. The van der Waals surface area contributed by atoms with E-state index in [1.54, 1.807) is 18.2 Å². The van der Waals surface area contributed by atoms with Gasteiger partial charge in [-0.1, -0.05) is 11.6 Å². The van der Waals surface area contributed by atoms with E-state index in [0.717, 1.165) is 0 Å². The van der Waals surface area contributed by atoms with Crippen molar-refractivity contribution in [1.82, 2.24) is 5.32 Å². The molecule has 0 atom stereocenters. The highest BCUT2D eigenvalue weighted by Crippen LogP contribution is 2.16. The summed E-state index contributed by atoms with van der Waals surface area (Å²) < 4.78 is 0. The van der Waals surface area contributed by atoms with Crippen LogP contribution in [0.1, 0.15) is 29.6 Å². The summed E-state index contributed by atoms with van der Waals surface area (Å²) in [5, 5.41) is 3.15. The molecule has 1 aromatic carbocycles. The van der Waals surface area contributed by atoms with Gasteiger partial charge in [0.1, 0.15) is 0 Å². The summed E-state index contributed by atoms with van der Waals surface area (Å²) in [6.45, 7) is 0.485. The zero-order valence-electron chi connectivity index (χ0n) is 9.91. The number of nitrogens with two attached hydrogens (primary N) is 2. The van der Waals surface area contributed by atoms with E-state index < -0.39 is 0 Å². The number of benzene rings is 1. The summed E-state index contributed by atoms with van der Waals surface area (Å²) in [6.07, 6.45) is 1.69. The number of nitrogens with one attached hydrogen (secondary N) is 1. The van der Waals surface area contributed by atoms with Crippen LogP contribution in [0.3, 0.4) is 0 Å². The molecule has 1 rings (SSSR count). The van der Waals surface area contributed by atoms with Crippen LogP contribution < -0.4 is 16.8 Å². The summed E-state index contributed by atoms with van der Waals surface area (Å²) >= 11 is 5.80. The molecule has 18 heavy (non-hydrogen) atoms. The van der Waals surface area contributed by atoms with Gasteiger partial charge in [-0.25, -0.2) is 0 Å². The van der Waals surface area contributed by atoms with Crippen molar-refractivity contribution < 1.29 is 9.59 Å². The van der Waals surface area contributed by atoms with Crippen molar-refractivity contribution in [3.8, 4) is 0 Å². The Balaban J connectivity index is 2.38. The number of carbonyl (C=O) groups is 2. The Bertz CT molecular complexity index is 429. The molecule has 0 saturated carbocycles. The van der Waals surface area contributed by atoms with Gasteiger partial charge in [0.2, 0.25) is 5.91 Å². The van der Waals surface area contributed by atoms with Gasteiger partial charge in [0, 0.05) is 29.2 Å². The lowest BCUT2D eigenvalue weighted by Crippen LogP contribution is -2.24. The molecule has 6 heteroatoms. The van der Waals surface area contributed by atoms with E-state index in [2.05, 4.69) is 5.32 Å². The lowest BCUT2D eigenvalue weighted by atomic mass is 10.2. The van der Waals surface area contributed by atoms with Gasteiger partial charge in [-0.05, 0) is 31.0 Å². The second kappa shape index (κ2) is 6.86. The summed E-state index contributed by atoms with van der Waals surface area (Å²) in [5.41, 5.74) is 11.5. The van der Waals surface area contributed by atoms with E-state index in [9.17, 15) is 9.59 Å². The highest BCUT2D eigenvalue weighted by atomic mass is 35.5. The van der Waals surface area contributed by atoms with Crippen LogP contribution in [0.2, 0.25) is 5.02 Å². The van der Waals surface area contributed by atoms with Gasteiger partial charge >= 0.3 is 0 Å². The maximum absolute atomic E-state index is 11.7. The molecular formula is C12H16ClN3O2. The topological polar surface area (TPSA) is 98.2 Å². The van der Waals surface area contributed by atoms with Crippen LogP contribution in [0.5, 0.6) is 0 Å². The highest BCUT2D eigenvalue weighted by molar-refractivity contribution is 6.31. The lowest BCUT2D eigenvalue weighted by molar-refractivity contribution is -0.118. The summed E-state index contributed by atoms with van der Waals surface area (Å²) in [7, 11) is 0. The van der Waals surface area contributed by atoms with Crippen LogP contribution in [-0.2, 0) is 4.79 Å². The van der Waals surface area contributed by atoms with Crippen LogP contribution in [-0.4, -0.2) is 18.4 Å². The van der Waals surface area contributed by atoms with Gasteiger partial charge in [0.15, 0.2) is 0 Å². The molecule has 1 aromatic rings. The zero-order valence-corrected chi connectivity index (χ0v) is 10.7. The van der Waals surface area contributed by atoms with Crippen molar-refractivity contribution in [1.29, 1.82) is 0 Å². The predicted molar refractivity (Wildman–Crippen MR) is 71.2 cm³/mol. The number of amides is 2. The molecule has 0 aliphatic carbocycles. The quantitative estimate of drug-likeness (QED) is 0.536. The SMILES string of the molecule is NC(=O)CCCCNC(=O)c1cc(N)cc(Cl)c1. The van der Waals surface area contributed by atoms with Crippen LogP contribution in [0, 0.1) is 0 Å². The van der Waals surface area contributed by atoms with Gasteiger partial charge < -0.3 is 16.8 Å². The third kappa shape index (κ3) is 5.05. The molecular weight excluding hydrogens is 254 g/mol. The number of hydrogen-bond donors (Lipinski definition) is 3. The van der Waals surface area contributed by atoms with Gasteiger partial charge in [-0.15, -0.1) is 0 Å². The summed E-state index contributed by atoms with van der Waals surface area (Å²) in [6, 6.07) is 4.69. The molecule has 2 amide bonds. The minimum Gasteiger partial charge on any atom is -0.399 e. The first-order valence-corrected chi connectivity index (χ1v) is 5.99. The zero-order chi connectivity index (χ0) is 13.5. The minimum absolute atomic E-state index is 0.233. The van der Waals surface area contributed by atoms with Gasteiger partial charge in [-0.3, -0.25) is 9.59 Å². The molecule has 0 aliphatic rings. The standard InChI is InChI=1S/C12H16ClN3O2/c13-9-5-8(6-10(14)7-9)12(18)16-4-2-1-3-11(15)17/h5-7H,1-4,14H2,(H2,15,17)(H,16,18). The van der Waals surface area contributed by atoms with E-state index in [0.29, 0.717) is 42.1 Å². The van der Waals surface area contributed by atoms with Crippen molar-refractivity contribution in [2.24, 2.45) is 5.73 Å². The van der Waals surface area contributed by atoms with E-state index in [1.165, 1.54) is 0 Å². The average Bonchev–Trinajstić information content (AvgIpc) is 2.26. The summed E-state index contributed by atoms with van der Waals surface area (Å²) in [5.74, 6) is -0.563. The van der Waals surface area contributed by atoms with Crippen LogP contribution in [0.15, 0.2) is 18.2 Å². The van der Waals surface area contributed by atoms with Crippen molar-refractivity contribution in [3.63, 3.8) is 0 Å². The maximum Gasteiger partial charge on any atom is 0.251 e. The second-order valence-corrected chi connectivity index (χ2v) is 4.39. The van der Waals surface area contributed by atoms with Crippen molar-refractivity contribution >= 4 is 29.1 Å². The number of primary amides is 1. The lowest BCUT2D eigenvalue weighted by Gasteiger charge is -2.06. The van der Waals surface area contributed by atoms with E-state index >= 15 is 0 Å². The van der Waals surface area contributed by atoms with Crippen LogP contribution >= 0.6 is 11.6 Å². The molecule has 0 saturated heterocycles. The third-order valence-electron chi connectivity index (χ3n) is 2.32. The van der Waals surface area contributed by atoms with Crippen molar-refractivity contribution in [3.05, 3.63) is 28.8 Å². The summed E-state index contributed by atoms with van der Waals surface area (Å²) in [4.78, 5) is 22.2. The monoisotopic (exact) mass is 269 g/mol. The Morgan fingerprint density at radius 2 is 1.94 bits per heavy atom. The molecule has 0 radical (unpaired) electrons. The first kappa shape index (κ1) is 14.3. The Kier molecular flexibility index (Phi) is 5.45. The minimum atomic E-state index is -0.330. The van der Waals surface area contributed by atoms with Crippen molar-refractivity contribution in [2.45, 2.75) is 19.3 Å². The van der Waals surface area contributed by atoms with Crippen molar-refractivity contribution in [2.75, 3.05) is 12.3 Å². The predicted octanol–water partition coefficient (Wildman–Crippen LogP) is 1.31. The third-order valence-corrected chi connectivity index (χ3v) is 2.54. The number of nitrogen functional groups attached to an aromatic ring is 1. The molecule has 98 valence electrons. The Hall–Kier alpha value is -1.75. The van der Waals surface area contributed by atoms with Gasteiger partial charge in [-0.2, -0.15) is 0 Å². The fraction of sp³-hybridized carbons (Fsp3) is 0.333. The number of halogens is 1. The number of carbonyl (C=O) groups excluding carboxylic acids is 2. The molecule has 0 aliphatic heterocycles. The first-order chi connectivity index (χ1) is 8.49. The smallest absolute Gasteiger partial charge is 0.251 e. The fourth-order valence-electron chi connectivity index (χ4n) is 1.47. The second-order valence-electron chi connectivity index (χ2n) is 3.95. The number of unbranched alkanes of at least 4 members (excludes halogenated alkanes) is 1. The molecule has 5 nitrogen and oxygen atoms in total. The average molecular weight is 270 g/mol. The molecule has 0 bridgehead atoms. The normalized spacial score (nSPS) is 10.1. The molecule has 0 unspecified atom stereocenters. The molecule has 5 N–H and O–H groups in total. The number of anilines is 1. The van der Waals surface area contributed by atoms with Gasteiger partial charge in [0.25, 0.3) is 5.91 Å².